The van der Waals surface area contributed by atoms with E-state index in [1.807, 2.05) is 6.07 Å². The zero-order valence-electron chi connectivity index (χ0n) is 16.3. The first-order valence-electron chi connectivity index (χ1n) is 9.91. The first-order valence-corrected chi connectivity index (χ1v) is 10.8. The minimum absolute atomic E-state index is 0.0350. The van der Waals surface area contributed by atoms with E-state index in [0.717, 1.165) is 0 Å². The molecule has 1 N–H and O–H groups in total. The number of nitrogens with one attached hydrogen (secondary N) is 1. The Morgan fingerprint density at radius 2 is 2.00 bits per heavy atom. The van der Waals surface area contributed by atoms with E-state index in [9.17, 15) is 14.0 Å². The van der Waals surface area contributed by atoms with Gasteiger partial charge in [0.25, 0.3) is 5.91 Å². The molecule has 3 aromatic rings. The summed E-state index contributed by atoms with van der Waals surface area (Å²) in [7, 11) is 0. The lowest BCUT2D eigenvalue weighted by molar-refractivity contribution is -0.126. The van der Waals surface area contributed by atoms with Crippen LogP contribution in [0.25, 0.3) is 10.8 Å². The lowest BCUT2D eigenvalue weighted by Gasteiger charge is -2.30. The van der Waals surface area contributed by atoms with E-state index >= 15 is 0 Å². The van der Waals surface area contributed by atoms with Crippen molar-refractivity contribution < 1.29 is 18.4 Å². The van der Waals surface area contributed by atoms with Gasteiger partial charge in [-0.15, -0.1) is 11.3 Å². The van der Waals surface area contributed by atoms with Crippen molar-refractivity contribution in [2.75, 3.05) is 19.6 Å². The minimum Gasteiger partial charge on any atom is -0.462 e. The average Bonchev–Trinajstić information content (AvgIpc) is 3.46. The van der Waals surface area contributed by atoms with Crippen LogP contribution >= 0.6 is 11.3 Å². The topological polar surface area (TPSA) is 75.4 Å². The molecular weight excluding hydrogens is 405 g/mol. The number of likely N-dealkylation sites (tertiary alicyclic amines) is 1. The van der Waals surface area contributed by atoms with Crippen molar-refractivity contribution in [1.82, 2.24) is 15.2 Å². The number of rotatable bonds is 6. The molecule has 1 fully saturated rings. The molecule has 0 bridgehead atoms. The SMILES string of the molecule is O=C(NCCc1ccccc1F)C1CCN(C(=O)c2csc(-c3ccco3)n2)CC1. The van der Waals surface area contributed by atoms with E-state index in [1.165, 1.54) is 17.4 Å². The van der Waals surface area contributed by atoms with Gasteiger partial charge in [-0.05, 0) is 43.0 Å². The Morgan fingerprint density at radius 3 is 2.73 bits per heavy atom. The summed E-state index contributed by atoms with van der Waals surface area (Å²) in [4.78, 5) is 31.3. The Bertz CT molecular complexity index is 1010. The second-order valence-corrected chi connectivity index (χ2v) is 8.07. The predicted octanol–water partition coefficient (Wildman–Crippen LogP) is 3.75. The molecule has 156 valence electrons. The largest absolute Gasteiger partial charge is 0.462 e. The van der Waals surface area contributed by atoms with Gasteiger partial charge in [-0.25, -0.2) is 9.37 Å². The first kappa shape index (κ1) is 20.3. The van der Waals surface area contributed by atoms with Crippen LogP contribution in [0.2, 0.25) is 0 Å². The molecule has 0 aliphatic carbocycles. The maximum atomic E-state index is 13.6. The number of furan rings is 1. The highest BCUT2D eigenvalue weighted by Gasteiger charge is 2.28. The normalized spacial score (nSPS) is 14.6. The third-order valence-corrected chi connectivity index (χ3v) is 6.12. The molecule has 0 unspecified atom stereocenters. The van der Waals surface area contributed by atoms with Crippen LogP contribution in [0.3, 0.4) is 0 Å². The lowest BCUT2D eigenvalue weighted by Crippen LogP contribution is -2.43. The van der Waals surface area contributed by atoms with Gasteiger partial charge in [-0.3, -0.25) is 9.59 Å². The Morgan fingerprint density at radius 1 is 1.20 bits per heavy atom. The van der Waals surface area contributed by atoms with E-state index in [-0.39, 0.29) is 23.5 Å². The van der Waals surface area contributed by atoms with Crippen molar-refractivity contribution in [2.45, 2.75) is 19.3 Å². The number of amides is 2. The fraction of sp³-hybridized carbons (Fsp3) is 0.318. The highest BCUT2D eigenvalue weighted by atomic mass is 32.1. The van der Waals surface area contributed by atoms with Crippen LogP contribution in [-0.4, -0.2) is 41.3 Å². The molecule has 1 saturated heterocycles. The number of thiazole rings is 1. The van der Waals surface area contributed by atoms with E-state index in [0.29, 0.717) is 60.9 Å². The number of carbonyl (C=O) groups is 2. The first-order chi connectivity index (χ1) is 14.6. The van der Waals surface area contributed by atoms with Gasteiger partial charge in [-0.2, -0.15) is 0 Å². The van der Waals surface area contributed by atoms with Crippen molar-refractivity contribution in [2.24, 2.45) is 5.92 Å². The van der Waals surface area contributed by atoms with Gasteiger partial charge in [0.15, 0.2) is 10.8 Å². The number of carbonyl (C=O) groups excluding carboxylic acids is 2. The average molecular weight is 428 g/mol. The molecule has 6 nitrogen and oxygen atoms in total. The number of halogens is 1. The minimum atomic E-state index is -0.254. The molecule has 0 atom stereocenters. The molecule has 1 aliphatic heterocycles. The van der Waals surface area contributed by atoms with Gasteiger partial charge < -0.3 is 14.6 Å². The third kappa shape index (κ3) is 4.59. The molecule has 3 heterocycles. The standard InChI is InChI=1S/C22H22FN3O3S/c23-17-5-2-1-4-15(17)7-10-24-20(27)16-8-11-26(12-9-16)22(28)18-14-30-21(25-18)19-6-3-13-29-19/h1-6,13-14,16H,7-12H2,(H,24,27). The summed E-state index contributed by atoms with van der Waals surface area (Å²) in [6.45, 7) is 1.42. The van der Waals surface area contributed by atoms with Crippen molar-refractivity contribution in [1.29, 1.82) is 0 Å². The Labute approximate surface area is 177 Å². The van der Waals surface area contributed by atoms with Crippen molar-refractivity contribution in [3.63, 3.8) is 0 Å². The zero-order valence-corrected chi connectivity index (χ0v) is 17.2. The van der Waals surface area contributed by atoms with Crippen LogP contribution in [0.1, 0.15) is 28.9 Å². The lowest BCUT2D eigenvalue weighted by atomic mass is 9.95. The molecule has 1 aromatic carbocycles. The number of nitrogens with zero attached hydrogens (tertiary/aromatic N) is 2. The fourth-order valence-corrected chi connectivity index (χ4v) is 4.32. The van der Waals surface area contributed by atoms with Gasteiger partial charge in [0, 0.05) is 30.9 Å². The summed E-state index contributed by atoms with van der Waals surface area (Å²) in [5.74, 6) is 0.0964. The van der Waals surface area contributed by atoms with Crippen molar-refractivity contribution in [3.8, 4) is 10.8 Å². The molecule has 0 spiro atoms. The predicted molar refractivity (Wildman–Crippen MR) is 112 cm³/mol. The van der Waals surface area contributed by atoms with Crippen LogP contribution < -0.4 is 5.32 Å². The summed E-state index contributed by atoms with van der Waals surface area (Å²) in [6.07, 6.45) is 3.24. The second kappa shape index (κ2) is 9.21. The summed E-state index contributed by atoms with van der Waals surface area (Å²) in [6, 6.07) is 10.2. The zero-order chi connectivity index (χ0) is 20.9. The molecule has 0 saturated carbocycles. The maximum Gasteiger partial charge on any atom is 0.273 e. The molecule has 30 heavy (non-hydrogen) atoms. The van der Waals surface area contributed by atoms with Crippen LogP contribution in [0, 0.1) is 11.7 Å². The quantitative estimate of drug-likeness (QED) is 0.650. The summed E-state index contributed by atoms with van der Waals surface area (Å²) >= 11 is 1.37. The van der Waals surface area contributed by atoms with Crippen LogP contribution in [0.5, 0.6) is 0 Å². The summed E-state index contributed by atoms with van der Waals surface area (Å²) in [5, 5.41) is 5.30. The van der Waals surface area contributed by atoms with E-state index < -0.39 is 0 Å². The number of hydrogen-bond acceptors (Lipinski definition) is 5. The number of piperidine rings is 1. The van der Waals surface area contributed by atoms with Gasteiger partial charge in [0.05, 0.1) is 6.26 Å². The number of hydrogen-bond donors (Lipinski definition) is 1. The van der Waals surface area contributed by atoms with Gasteiger partial charge in [0.1, 0.15) is 11.5 Å². The monoisotopic (exact) mass is 427 g/mol. The van der Waals surface area contributed by atoms with Crippen LogP contribution in [0.15, 0.2) is 52.5 Å². The van der Waals surface area contributed by atoms with Crippen molar-refractivity contribution >= 4 is 23.2 Å². The molecule has 1 aliphatic rings. The molecule has 2 aromatic heterocycles. The summed E-state index contributed by atoms with van der Waals surface area (Å²) in [5.41, 5.74) is 0.995. The smallest absolute Gasteiger partial charge is 0.273 e. The van der Waals surface area contributed by atoms with Crippen LogP contribution in [-0.2, 0) is 11.2 Å². The number of aromatic nitrogens is 1. The number of benzene rings is 1. The van der Waals surface area contributed by atoms with E-state index in [4.69, 9.17) is 4.42 Å². The van der Waals surface area contributed by atoms with Gasteiger partial charge >= 0.3 is 0 Å². The Hall–Kier alpha value is -3.00. The Kier molecular flexibility index (Phi) is 6.23. The second-order valence-electron chi connectivity index (χ2n) is 7.21. The van der Waals surface area contributed by atoms with Crippen molar-refractivity contribution in [3.05, 3.63) is 65.1 Å². The highest BCUT2D eigenvalue weighted by Crippen LogP contribution is 2.26. The van der Waals surface area contributed by atoms with Crippen LogP contribution in [0.4, 0.5) is 4.39 Å². The summed E-state index contributed by atoms with van der Waals surface area (Å²) < 4.78 is 19.0. The third-order valence-electron chi connectivity index (χ3n) is 5.26. The molecular formula is C22H22FN3O3S. The van der Waals surface area contributed by atoms with Gasteiger partial charge in [0.2, 0.25) is 5.91 Å². The molecule has 4 rings (SSSR count). The molecule has 0 radical (unpaired) electrons. The van der Waals surface area contributed by atoms with E-state index in [2.05, 4.69) is 10.3 Å². The fourth-order valence-electron chi connectivity index (χ4n) is 3.56. The molecule has 2 amide bonds. The molecule has 8 heteroatoms. The maximum absolute atomic E-state index is 13.6. The van der Waals surface area contributed by atoms with Gasteiger partial charge in [-0.1, -0.05) is 18.2 Å². The Balaban J connectivity index is 1.25. The van der Waals surface area contributed by atoms with E-state index in [1.54, 1.807) is 40.8 Å². The highest BCUT2D eigenvalue weighted by molar-refractivity contribution is 7.13.